The van der Waals surface area contributed by atoms with Crippen LogP contribution in [0.15, 0.2) is 85.5 Å². The maximum Gasteiger partial charge on any atom is 0.274 e. The van der Waals surface area contributed by atoms with Gasteiger partial charge in [-0.1, -0.05) is 6.07 Å². The van der Waals surface area contributed by atoms with E-state index in [1.54, 1.807) is 67.1 Å². The van der Waals surface area contributed by atoms with Crippen LogP contribution in [0.25, 0.3) is 22.4 Å². The van der Waals surface area contributed by atoms with E-state index >= 15 is 0 Å². The highest BCUT2D eigenvalue weighted by atomic mass is 16.2. The summed E-state index contributed by atoms with van der Waals surface area (Å²) in [6, 6.07) is 17.5. The Hall–Kier alpha value is -4.92. The number of benzene rings is 1. The van der Waals surface area contributed by atoms with Crippen LogP contribution in [0.2, 0.25) is 0 Å². The number of hydrogen-bond donors (Lipinski definition) is 3. The van der Waals surface area contributed by atoms with Gasteiger partial charge in [0.2, 0.25) is 0 Å². The Morgan fingerprint density at radius 2 is 1.70 bits per heavy atom. The van der Waals surface area contributed by atoms with Crippen molar-refractivity contribution in [2.24, 2.45) is 0 Å². The molecule has 0 spiro atoms. The summed E-state index contributed by atoms with van der Waals surface area (Å²) in [5.74, 6) is 0.459. The summed E-state index contributed by atoms with van der Waals surface area (Å²) >= 11 is 0. The van der Waals surface area contributed by atoms with Crippen molar-refractivity contribution < 1.29 is 9.59 Å². The van der Waals surface area contributed by atoms with E-state index in [1.807, 2.05) is 12.1 Å². The van der Waals surface area contributed by atoms with Gasteiger partial charge in [-0.2, -0.15) is 0 Å². The normalized spacial score (nSPS) is 10.7. The van der Waals surface area contributed by atoms with Gasteiger partial charge in [-0.05, 0) is 48.5 Å². The molecular formula is C24H17N7O2. The maximum atomic E-state index is 12.3. The van der Waals surface area contributed by atoms with Crippen LogP contribution in [0.4, 0.5) is 11.5 Å². The molecule has 2 amide bonds. The van der Waals surface area contributed by atoms with Crippen molar-refractivity contribution in [3.8, 4) is 11.4 Å². The lowest BCUT2D eigenvalue weighted by atomic mass is 10.2. The molecule has 0 bridgehead atoms. The number of hydrogen-bond acceptors (Lipinski definition) is 6. The molecule has 5 aromatic rings. The molecule has 0 atom stereocenters. The molecule has 0 aliphatic rings. The lowest BCUT2D eigenvalue weighted by Crippen LogP contribution is -2.13. The number of aromatic amines is 1. The van der Waals surface area contributed by atoms with E-state index in [0.717, 1.165) is 11.1 Å². The topological polar surface area (TPSA) is 126 Å². The average Bonchev–Trinajstić information content (AvgIpc) is 3.29. The number of imidazole rings is 1. The summed E-state index contributed by atoms with van der Waals surface area (Å²) in [6.07, 6.45) is 6.28. The van der Waals surface area contributed by atoms with Crippen molar-refractivity contribution in [2.45, 2.75) is 0 Å². The summed E-state index contributed by atoms with van der Waals surface area (Å²) < 4.78 is 0. The standard InChI is InChI=1S/C24H17N7O2/c32-23(16-4-3-10-25-13-16)31-21-12-19-20(14-27-21)30-22(29-19)15-6-8-17(9-7-15)28-24(33)18-5-1-2-11-26-18/h1-14H,(H,28,33)(H,29,30)(H,27,31,32). The lowest BCUT2D eigenvalue weighted by molar-refractivity contribution is 0.101. The molecule has 4 aromatic heterocycles. The van der Waals surface area contributed by atoms with Crippen LogP contribution < -0.4 is 10.6 Å². The number of nitrogens with zero attached hydrogens (tertiary/aromatic N) is 4. The molecule has 9 nitrogen and oxygen atoms in total. The summed E-state index contributed by atoms with van der Waals surface area (Å²) in [5, 5.41) is 5.57. The first-order chi connectivity index (χ1) is 16.2. The predicted molar refractivity (Wildman–Crippen MR) is 124 cm³/mol. The van der Waals surface area contributed by atoms with E-state index in [4.69, 9.17) is 0 Å². The average molecular weight is 435 g/mol. The van der Waals surface area contributed by atoms with Gasteiger partial charge in [-0.3, -0.25) is 19.6 Å². The number of carbonyl (C=O) groups is 2. The highest BCUT2D eigenvalue weighted by Crippen LogP contribution is 2.23. The van der Waals surface area contributed by atoms with Crippen LogP contribution in [-0.2, 0) is 0 Å². The van der Waals surface area contributed by atoms with E-state index in [2.05, 4.69) is 35.6 Å². The summed E-state index contributed by atoms with van der Waals surface area (Å²) in [7, 11) is 0. The van der Waals surface area contributed by atoms with E-state index in [0.29, 0.717) is 34.1 Å². The molecule has 9 heteroatoms. The van der Waals surface area contributed by atoms with Crippen molar-refractivity contribution in [1.82, 2.24) is 24.9 Å². The highest BCUT2D eigenvalue weighted by molar-refractivity contribution is 6.04. The molecule has 160 valence electrons. The van der Waals surface area contributed by atoms with Crippen molar-refractivity contribution in [1.29, 1.82) is 0 Å². The van der Waals surface area contributed by atoms with E-state index in [9.17, 15) is 9.59 Å². The highest BCUT2D eigenvalue weighted by Gasteiger charge is 2.11. The van der Waals surface area contributed by atoms with Gasteiger partial charge in [0, 0.05) is 35.9 Å². The van der Waals surface area contributed by atoms with E-state index in [-0.39, 0.29) is 11.8 Å². The number of pyridine rings is 3. The van der Waals surface area contributed by atoms with Crippen molar-refractivity contribution in [3.63, 3.8) is 0 Å². The zero-order valence-corrected chi connectivity index (χ0v) is 17.2. The van der Waals surface area contributed by atoms with E-state index < -0.39 is 0 Å². The Morgan fingerprint density at radius 3 is 2.45 bits per heavy atom. The molecule has 33 heavy (non-hydrogen) atoms. The molecule has 5 rings (SSSR count). The molecule has 1 aromatic carbocycles. The van der Waals surface area contributed by atoms with Crippen molar-refractivity contribution in [2.75, 3.05) is 10.6 Å². The van der Waals surface area contributed by atoms with Gasteiger partial charge in [0.1, 0.15) is 17.3 Å². The summed E-state index contributed by atoms with van der Waals surface area (Å²) in [6.45, 7) is 0. The minimum atomic E-state index is -0.297. The summed E-state index contributed by atoms with van der Waals surface area (Å²) in [4.78, 5) is 44.7. The monoisotopic (exact) mass is 435 g/mol. The van der Waals surface area contributed by atoms with Crippen LogP contribution in [-0.4, -0.2) is 36.7 Å². The molecule has 4 heterocycles. The van der Waals surface area contributed by atoms with Crippen LogP contribution in [0.1, 0.15) is 20.8 Å². The Balaban J connectivity index is 1.31. The fraction of sp³-hybridized carbons (Fsp3) is 0. The molecule has 0 saturated carbocycles. The van der Waals surface area contributed by atoms with Crippen LogP contribution in [0, 0.1) is 0 Å². The smallest absolute Gasteiger partial charge is 0.274 e. The Kier molecular flexibility index (Phi) is 5.26. The Bertz CT molecular complexity index is 1430. The lowest BCUT2D eigenvalue weighted by Gasteiger charge is -2.05. The van der Waals surface area contributed by atoms with Gasteiger partial charge < -0.3 is 15.6 Å². The number of anilines is 2. The number of carbonyl (C=O) groups excluding carboxylic acids is 2. The third-order valence-electron chi connectivity index (χ3n) is 4.85. The van der Waals surface area contributed by atoms with Crippen LogP contribution in [0.3, 0.4) is 0 Å². The van der Waals surface area contributed by atoms with Crippen LogP contribution in [0.5, 0.6) is 0 Å². The quantitative estimate of drug-likeness (QED) is 0.384. The molecule has 0 fully saturated rings. The third-order valence-corrected chi connectivity index (χ3v) is 4.85. The molecular weight excluding hydrogens is 418 g/mol. The number of fused-ring (bicyclic) bond motifs is 1. The minimum absolute atomic E-state index is 0.279. The molecule has 0 aliphatic heterocycles. The first-order valence-electron chi connectivity index (χ1n) is 10.1. The molecule has 0 radical (unpaired) electrons. The summed E-state index contributed by atoms with van der Waals surface area (Å²) in [5.41, 5.74) is 3.66. The second kappa shape index (κ2) is 8.67. The minimum Gasteiger partial charge on any atom is -0.337 e. The fourth-order valence-corrected chi connectivity index (χ4v) is 3.20. The first kappa shape index (κ1) is 20.0. The van der Waals surface area contributed by atoms with Crippen molar-refractivity contribution in [3.05, 3.63) is 96.7 Å². The Morgan fingerprint density at radius 1 is 0.818 bits per heavy atom. The van der Waals surface area contributed by atoms with Gasteiger partial charge in [-0.25, -0.2) is 9.97 Å². The number of aromatic nitrogens is 5. The maximum absolute atomic E-state index is 12.3. The number of H-pyrrole nitrogens is 1. The van der Waals surface area contributed by atoms with Gasteiger partial charge in [0.25, 0.3) is 11.8 Å². The predicted octanol–water partition coefficient (Wildman–Crippen LogP) is 3.92. The molecule has 0 aliphatic carbocycles. The molecule has 0 unspecified atom stereocenters. The number of amides is 2. The van der Waals surface area contributed by atoms with E-state index in [1.165, 1.54) is 6.20 Å². The third kappa shape index (κ3) is 4.42. The number of rotatable bonds is 5. The SMILES string of the molecule is O=C(Nc1cc2nc(-c3ccc(NC(=O)c4ccccn4)cc3)[nH]c2cn1)c1cccnc1. The van der Waals surface area contributed by atoms with Gasteiger partial charge in [0.05, 0.1) is 22.8 Å². The van der Waals surface area contributed by atoms with Gasteiger partial charge in [0.15, 0.2) is 0 Å². The van der Waals surface area contributed by atoms with Crippen LogP contribution >= 0.6 is 0 Å². The molecule has 3 N–H and O–H groups in total. The van der Waals surface area contributed by atoms with Crippen molar-refractivity contribution >= 4 is 34.4 Å². The second-order valence-electron chi connectivity index (χ2n) is 7.11. The molecule has 0 saturated heterocycles. The second-order valence-corrected chi connectivity index (χ2v) is 7.11. The number of nitrogens with one attached hydrogen (secondary N) is 3. The Labute approximate surface area is 188 Å². The fourth-order valence-electron chi connectivity index (χ4n) is 3.20. The van der Waals surface area contributed by atoms with Gasteiger partial charge in [-0.15, -0.1) is 0 Å². The first-order valence-corrected chi connectivity index (χ1v) is 10.1. The zero-order valence-electron chi connectivity index (χ0n) is 17.2. The zero-order chi connectivity index (χ0) is 22.6. The largest absolute Gasteiger partial charge is 0.337 e. The van der Waals surface area contributed by atoms with Gasteiger partial charge >= 0.3 is 0 Å².